The van der Waals surface area contributed by atoms with Crippen molar-refractivity contribution in [2.24, 2.45) is 0 Å². The fraction of sp³-hybridized carbons (Fsp3) is 0.400. The summed E-state index contributed by atoms with van der Waals surface area (Å²) in [6.45, 7) is -0.0102. The molecule has 0 amide bonds. The van der Waals surface area contributed by atoms with Crippen LogP contribution in [0.2, 0.25) is 0 Å². The first-order valence-electron chi connectivity index (χ1n) is 7.19. The maximum absolute atomic E-state index is 12.3. The second kappa shape index (κ2) is 8.57. The Kier molecular flexibility index (Phi) is 6.73. The van der Waals surface area contributed by atoms with Crippen molar-refractivity contribution in [3.63, 3.8) is 0 Å². The highest BCUT2D eigenvalue weighted by Crippen LogP contribution is 2.27. The molecule has 0 aliphatic carbocycles. The molecule has 0 bridgehead atoms. The summed E-state index contributed by atoms with van der Waals surface area (Å²) in [4.78, 5) is 7.38. The van der Waals surface area contributed by atoms with Gasteiger partial charge >= 0.3 is 6.61 Å². The lowest BCUT2D eigenvalue weighted by Crippen LogP contribution is -2.37. The van der Waals surface area contributed by atoms with Crippen molar-refractivity contribution in [1.82, 2.24) is 9.88 Å². The number of hydrogen-bond acceptors (Lipinski definition) is 6. The molecule has 2 heterocycles. The molecule has 1 aromatic heterocycles. The number of thiazole rings is 1. The molecule has 1 fully saturated rings. The van der Waals surface area contributed by atoms with E-state index >= 15 is 0 Å². The minimum atomic E-state index is -2.83. The summed E-state index contributed by atoms with van der Waals surface area (Å²) in [6.07, 6.45) is 1.61. The highest BCUT2D eigenvalue weighted by Gasteiger charge is 2.23. The molecule has 0 spiro atoms. The third-order valence-corrected chi connectivity index (χ3v) is 4.37. The number of ether oxygens (including phenoxy) is 2. The lowest BCUT2D eigenvalue weighted by Gasteiger charge is -2.32. The van der Waals surface area contributed by atoms with Gasteiger partial charge in [-0.1, -0.05) is 12.1 Å². The number of hydrogen-bond donors (Lipinski definition) is 1. The van der Waals surface area contributed by atoms with Crippen LogP contribution < -0.4 is 10.5 Å². The molecule has 1 aliphatic rings. The van der Waals surface area contributed by atoms with Crippen molar-refractivity contribution in [1.29, 1.82) is 0 Å². The van der Waals surface area contributed by atoms with Crippen molar-refractivity contribution in [3.05, 3.63) is 40.9 Å². The SMILES string of the molecule is Cl.Nc1ncc(CN2CCOC(c3cccc(OC(F)F)c3)C2)s1. The van der Waals surface area contributed by atoms with Crippen molar-refractivity contribution < 1.29 is 18.3 Å². The van der Waals surface area contributed by atoms with E-state index in [-0.39, 0.29) is 24.3 Å². The predicted octanol–water partition coefficient (Wildman–Crippen LogP) is 3.32. The van der Waals surface area contributed by atoms with E-state index in [1.807, 2.05) is 6.07 Å². The molecule has 2 N–H and O–H groups in total. The van der Waals surface area contributed by atoms with Crippen LogP contribution in [0.4, 0.5) is 13.9 Å². The monoisotopic (exact) mass is 377 g/mol. The van der Waals surface area contributed by atoms with Gasteiger partial charge in [-0.2, -0.15) is 8.78 Å². The molecule has 3 rings (SSSR count). The van der Waals surface area contributed by atoms with Gasteiger partial charge in [0.1, 0.15) is 5.75 Å². The first-order chi connectivity index (χ1) is 11.1. The van der Waals surface area contributed by atoms with Gasteiger partial charge in [-0.05, 0) is 17.7 Å². The fourth-order valence-electron chi connectivity index (χ4n) is 2.55. The van der Waals surface area contributed by atoms with Crippen LogP contribution in [0.15, 0.2) is 30.5 Å². The van der Waals surface area contributed by atoms with E-state index < -0.39 is 6.61 Å². The summed E-state index contributed by atoms with van der Waals surface area (Å²) in [5, 5.41) is 0.557. The average molecular weight is 378 g/mol. The second-order valence-corrected chi connectivity index (χ2v) is 6.36. The molecule has 2 aromatic rings. The Bertz CT molecular complexity index is 659. The summed E-state index contributed by atoms with van der Waals surface area (Å²) in [7, 11) is 0. The van der Waals surface area contributed by atoms with Gasteiger partial charge in [-0.25, -0.2) is 4.98 Å². The van der Waals surface area contributed by atoms with Crippen LogP contribution in [0, 0.1) is 0 Å². The van der Waals surface area contributed by atoms with E-state index in [0.29, 0.717) is 18.3 Å². The summed E-state index contributed by atoms with van der Waals surface area (Å²) in [6, 6.07) is 6.66. The highest BCUT2D eigenvalue weighted by molar-refractivity contribution is 7.15. The number of alkyl halides is 2. The number of benzene rings is 1. The van der Waals surface area contributed by atoms with Crippen molar-refractivity contribution >= 4 is 28.9 Å². The third-order valence-electron chi connectivity index (χ3n) is 3.56. The van der Waals surface area contributed by atoms with E-state index in [4.69, 9.17) is 10.5 Å². The average Bonchev–Trinajstić information content (AvgIpc) is 2.92. The van der Waals surface area contributed by atoms with Crippen LogP contribution in [0.5, 0.6) is 5.75 Å². The van der Waals surface area contributed by atoms with Crippen LogP contribution in [0.3, 0.4) is 0 Å². The van der Waals surface area contributed by atoms with Gasteiger partial charge in [0.2, 0.25) is 0 Å². The van der Waals surface area contributed by atoms with Crippen LogP contribution in [0.25, 0.3) is 0 Å². The molecule has 1 aromatic carbocycles. The molecule has 24 heavy (non-hydrogen) atoms. The first-order valence-corrected chi connectivity index (χ1v) is 8.01. The smallest absolute Gasteiger partial charge is 0.387 e. The number of halogens is 3. The van der Waals surface area contributed by atoms with Gasteiger partial charge in [0.05, 0.1) is 12.7 Å². The number of rotatable bonds is 5. The largest absolute Gasteiger partial charge is 0.435 e. The zero-order valence-corrected chi connectivity index (χ0v) is 14.4. The molecule has 132 valence electrons. The molecular formula is C15H18ClF2N3O2S. The number of nitrogens with two attached hydrogens (primary N) is 1. The van der Waals surface area contributed by atoms with Gasteiger partial charge in [0, 0.05) is 30.7 Å². The molecular weight excluding hydrogens is 360 g/mol. The van der Waals surface area contributed by atoms with E-state index in [0.717, 1.165) is 23.5 Å². The standard InChI is InChI=1S/C15H17F2N3O2S.ClH/c16-14(17)22-11-3-1-2-10(6-11)13-9-20(4-5-21-13)8-12-7-19-15(18)23-12;/h1-3,6-7,13-14H,4-5,8-9H2,(H2,18,19);1H. The van der Waals surface area contributed by atoms with Crippen LogP contribution in [0.1, 0.15) is 16.5 Å². The van der Waals surface area contributed by atoms with Gasteiger partial charge < -0.3 is 15.2 Å². The molecule has 0 radical (unpaired) electrons. The van der Waals surface area contributed by atoms with Crippen molar-refractivity contribution in [2.75, 3.05) is 25.4 Å². The molecule has 1 saturated heterocycles. The van der Waals surface area contributed by atoms with Crippen molar-refractivity contribution in [3.8, 4) is 5.75 Å². The van der Waals surface area contributed by atoms with E-state index in [9.17, 15) is 8.78 Å². The Balaban J connectivity index is 0.00000208. The quantitative estimate of drug-likeness (QED) is 0.866. The fourth-order valence-corrected chi connectivity index (χ4v) is 3.28. The first kappa shape index (κ1) is 18.9. The number of anilines is 1. The van der Waals surface area contributed by atoms with Crippen LogP contribution >= 0.6 is 23.7 Å². The minimum Gasteiger partial charge on any atom is -0.435 e. The van der Waals surface area contributed by atoms with Crippen LogP contribution in [-0.2, 0) is 11.3 Å². The molecule has 5 nitrogen and oxygen atoms in total. The summed E-state index contributed by atoms with van der Waals surface area (Å²) < 4.78 is 34.9. The Morgan fingerprint density at radius 1 is 1.46 bits per heavy atom. The molecule has 1 unspecified atom stereocenters. The Hall–Kier alpha value is -1.48. The zero-order valence-electron chi connectivity index (χ0n) is 12.7. The Morgan fingerprint density at radius 3 is 3.00 bits per heavy atom. The van der Waals surface area contributed by atoms with Crippen LogP contribution in [-0.4, -0.2) is 36.2 Å². The molecule has 1 aliphatic heterocycles. The Labute approximate surface area is 148 Å². The number of morpholine rings is 1. The lowest BCUT2D eigenvalue weighted by atomic mass is 10.1. The summed E-state index contributed by atoms with van der Waals surface area (Å²) in [5.41, 5.74) is 6.48. The van der Waals surface area contributed by atoms with E-state index in [1.165, 1.54) is 17.4 Å². The Morgan fingerprint density at radius 2 is 2.29 bits per heavy atom. The molecule has 9 heteroatoms. The predicted molar refractivity (Wildman–Crippen MR) is 90.8 cm³/mol. The molecule has 1 atom stereocenters. The van der Waals surface area contributed by atoms with E-state index in [1.54, 1.807) is 18.3 Å². The third kappa shape index (κ3) is 5.01. The molecule has 0 saturated carbocycles. The number of aromatic nitrogens is 1. The van der Waals surface area contributed by atoms with Crippen molar-refractivity contribution in [2.45, 2.75) is 19.3 Å². The number of nitrogens with zero attached hydrogens (tertiary/aromatic N) is 2. The summed E-state index contributed by atoms with van der Waals surface area (Å²) in [5.74, 6) is 0.147. The highest BCUT2D eigenvalue weighted by atomic mass is 35.5. The van der Waals surface area contributed by atoms with Gasteiger partial charge in [-0.15, -0.1) is 23.7 Å². The lowest BCUT2D eigenvalue weighted by molar-refractivity contribution is -0.0509. The topological polar surface area (TPSA) is 60.6 Å². The van der Waals surface area contributed by atoms with Gasteiger partial charge in [-0.3, -0.25) is 4.90 Å². The summed E-state index contributed by atoms with van der Waals surface area (Å²) >= 11 is 1.47. The second-order valence-electron chi connectivity index (χ2n) is 5.21. The van der Waals surface area contributed by atoms with Gasteiger partial charge in [0.25, 0.3) is 0 Å². The normalized spacial score (nSPS) is 18.4. The maximum atomic E-state index is 12.3. The zero-order chi connectivity index (χ0) is 16.2. The van der Waals surface area contributed by atoms with E-state index in [2.05, 4.69) is 14.6 Å². The number of nitrogen functional groups attached to an aromatic ring is 1. The minimum absolute atomic E-state index is 0. The maximum Gasteiger partial charge on any atom is 0.387 e. The van der Waals surface area contributed by atoms with Gasteiger partial charge in [0.15, 0.2) is 5.13 Å².